The molecule has 1 heterocycles. The van der Waals surface area contributed by atoms with Crippen LogP contribution in [0.25, 0.3) is 16.6 Å². The Morgan fingerprint density at radius 2 is 1.77 bits per heavy atom. The SMILES string of the molecule is CC(=NC[C@@H](O)CO)c1c(O)c2ccccc2n(-c2ccccc2)c1=O. The maximum atomic E-state index is 13.2. The van der Waals surface area contributed by atoms with Crippen molar-refractivity contribution in [2.45, 2.75) is 13.0 Å². The lowest BCUT2D eigenvalue weighted by Gasteiger charge is -2.15. The number of aromatic nitrogens is 1. The number of aromatic hydroxyl groups is 1. The van der Waals surface area contributed by atoms with Crippen LogP contribution in [0.2, 0.25) is 0 Å². The first-order valence-electron chi connectivity index (χ1n) is 8.27. The van der Waals surface area contributed by atoms with Gasteiger partial charge in [0.05, 0.1) is 24.8 Å². The molecule has 6 nitrogen and oxygen atoms in total. The van der Waals surface area contributed by atoms with E-state index in [1.807, 2.05) is 30.3 Å². The van der Waals surface area contributed by atoms with Gasteiger partial charge in [0.1, 0.15) is 11.3 Å². The summed E-state index contributed by atoms with van der Waals surface area (Å²) >= 11 is 0. The molecule has 0 bridgehead atoms. The Labute approximate surface area is 150 Å². The van der Waals surface area contributed by atoms with Gasteiger partial charge in [-0.15, -0.1) is 0 Å². The number of fused-ring (bicyclic) bond motifs is 1. The van der Waals surface area contributed by atoms with Crippen LogP contribution in [0.15, 0.2) is 64.4 Å². The minimum atomic E-state index is -1.01. The third kappa shape index (κ3) is 3.24. The Kier molecular flexibility index (Phi) is 5.16. The van der Waals surface area contributed by atoms with Crippen LogP contribution in [0.4, 0.5) is 0 Å². The molecule has 26 heavy (non-hydrogen) atoms. The largest absolute Gasteiger partial charge is 0.506 e. The summed E-state index contributed by atoms with van der Waals surface area (Å²) in [5, 5.41) is 29.6. The lowest BCUT2D eigenvalue weighted by molar-refractivity contribution is 0.102. The van der Waals surface area contributed by atoms with E-state index in [1.54, 1.807) is 31.2 Å². The van der Waals surface area contributed by atoms with E-state index in [1.165, 1.54) is 4.57 Å². The van der Waals surface area contributed by atoms with E-state index >= 15 is 0 Å². The van der Waals surface area contributed by atoms with Gasteiger partial charge < -0.3 is 15.3 Å². The fourth-order valence-corrected chi connectivity index (χ4v) is 2.86. The maximum Gasteiger partial charge on any atom is 0.268 e. The molecule has 1 atom stereocenters. The second-order valence-corrected chi connectivity index (χ2v) is 5.98. The van der Waals surface area contributed by atoms with Crippen molar-refractivity contribution >= 4 is 16.6 Å². The molecule has 0 saturated heterocycles. The molecule has 0 spiro atoms. The van der Waals surface area contributed by atoms with Crippen molar-refractivity contribution < 1.29 is 15.3 Å². The number of hydrogen-bond donors (Lipinski definition) is 3. The summed E-state index contributed by atoms with van der Waals surface area (Å²) in [5.41, 5.74) is 1.26. The number of nitrogens with zero attached hydrogens (tertiary/aromatic N) is 2. The third-order valence-electron chi connectivity index (χ3n) is 4.18. The molecule has 134 valence electrons. The number of hydrogen-bond acceptors (Lipinski definition) is 5. The fraction of sp³-hybridized carbons (Fsp3) is 0.200. The molecule has 0 aliphatic carbocycles. The number of para-hydroxylation sites is 2. The fourth-order valence-electron chi connectivity index (χ4n) is 2.86. The van der Waals surface area contributed by atoms with E-state index < -0.39 is 18.3 Å². The zero-order valence-electron chi connectivity index (χ0n) is 14.3. The summed E-state index contributed by atoms with van der Waals surface area (Å²) in [6.07, 6.45) is -1.01. The van der Waals surface area contributed by atoms with Crippen molar-refractivity contribution in [1.29, 1.82) is 0 Å². The summed E-state index contributed by atoms with van der Waals surface area (Å²) in [7, 11) is 0. The molecule has 1 aromatic heterocycles. The molecule has 0 fully saturated rings. The van der Waals surface area contributed by atoms with E-state index in [2.05, 4.69) is 4.99 Å². The summed E-state index contributed by atoms with van der Waals surface area (Å²) in [6.45, 7) is 1.12. The van der Waals surface area contributed by atoms with Crippen LogP contribution in [-0.2, 0) is 0 Å². The quantitative estimate of drug-likeness (QED) is 0.611. The monoisotopic (exact) mass is 352 g/mol. The van der Waals surface area contributed by atoms with Crippen LogP contribution >= 0.6 is 0 Å². The van der Waals surface area contributed by atoms with E-state index in [0.29, 0.717) is 22.3 Å². The number of aliphatic imine (C=N–C) groups is 1. The topological polar surface area (TPSA) is 95.1 Å². The lowest BCUT2D eigenvalue weighted by atomic mass is 10.1. The average Bonchev–Trinajstić information content (AvgIpc) is 2.67. The van der Waals surface area contributed by atoms with Gasteiger partial charge in [0.15, 0.2) is 0 Å². The predicted molar refractivity (Wildman–Crippen MR) is 101 cm³/mol. The summed E-state index contributed by atoms with van der Waals surface area (Å²) in [6, 6.07) is 16.3. The van der Waals surface area contributed by atoms with E-state index in [9.17, 15) is 15.0 Å². The summed E-state index contributed by atoms with van der Waals surface area (Å²) in [5.74, 6) is -0.141. The highest BCUT2D eigenvalue weighted by molar-refractivity contribution is 6.05. The Morgan fingerprint density at radius 1 is 1.12 bits per heavy atom. The molecule has 0 radical (unpaired) electrons. The van der Waals surface area contributed by atoms with Crippen molar-refractivity contribution in [2.24, 2.45) is 4.99 Å². The standard InChI is InChI=1S/C20H20N2O4/c1-13(21-11-15(24)12-23)18-19(25)16-9-5-6-10-17(16)22(20(18)26)14-7-3-2-4-8-14/h2-10,15,23-25H,11-12H2,1H3/t15-/m1/s1. The highest BCUT2D eigenvalue weighted by Crippen LogP contribution is 2.28. The highest BCUT2D eigenvalue weighted by atomic mass is 16.3. The smallest absolute Gasteiger partial charge is 0.268 e. The van der Waals surface area contributed by atoms with E-state index in [4.69, 9.17) is 5.11 Å². The number of rotatable bonds is 5. The Morgan fingerprint density at radius 3 is 2.46 bits per heavy atom. The second kappa shape index (κ2) is 7.51. The average molecular weight is 352 g/mol. The van der Waals surface area contributed by atoms with Crippen LogP contribution in [0.1, 0.15) is 12.5 Å². The van der Waals surface area contributed by atoms with Gasteiger partial charge in [-0.05, 0) is 31.2 Å². The Balaban J connectivity index is 2.30. The summed E-state index contributed by atoms with van der Waals surface area (Å²) < 4.78 is 1.53. The molecule has 3 N–H and O–H groups in total. The summed E-state index contributed by atoms with van der Waals surface area (Å²) in [4.78, 5) is 17.3. The normalized spacial score (nSPS) is 13.1. The molecule has 2 aromatic carbocycles. The zero-order valence-corrected chi connectivity index (χ0v) is 14.3. The minimum Gasteiger partial charge on any atom is -0.506 e. The second-order valence-electron chi connectivity index (χ2n) is 5.98. The van der Waals surface area contributed by atoms with Gasteiger partial charge in [0, 0.05) is 16.8 Å². The number of aliphatic hydroxyl groups excluding tert-OH is 2. The number of aliphatic hydroxyl groups is 2. The molecule has 0 aliphatic heterocycles. The van der Waals surface area contributed by atoms with Crippen LogP contribution in [0.5, 0.6) is 5.75 Å². The Hall–Kier alpha value is -2.96. The number of benzene rings is 2. The Bertz CT molecular complexity index is 1010. The van der Waals surface area contributed by atoms with Gasteiger partial charge in [0.2, 0.25) is 0 Å². The van der Waals surface area contributed by atoms with Crippen molar-refractivity contribution in [1.82, 2.24) is 4.57 Å². The molecule has 0 aliphatic rings. The van der Waals surface area contributed by atoms with Gasteiger partial charge in [-0.25, -0.2) is 0 Å². The van der Waals surface area contributed by atoms with Crippen LogP contribution in [0, 0.1) is 0 Å². The van der Waals surface area contributed by atoms with Crippen LogP contribution in [-0.4, -0.2) is 44.9 Å². The molecule has 6 heteroatoms. The third-order valence-corrected chi connectivity index (χ3v) is 4.18. The van der Waals surface area contributed by atoms with Gasteiger partial charge in [-0.2, -0.15) is 0 Å². The lowest BCUT2D eigenvalue weighted by Crippen LogP contribution is -2.26. The molecular weight excluding hydrogens is 332 g/mol. The minimum absolute atomic E-state index is 0.0562. The van der Waals surface area contributed by atoms with Crippen molar-refractivity contribution in [3.63, 3.8) is 0 Å². The van der Waals surface area contributed by atoms with Gasteiger partial charge >= 0.3 is 0 Å². The molecule has 3 aromatic rings. The molecule has 0 saturated carbocycles. The van der Waals surface area contributed by atoms with Gasteiger partial charge in [0.25, 0.3) is 5.56 Å². The molecule has 3 rings (SSSR count). The van der Waals surface area contributed by atoms with Crippen LogP contribution < -0.4 is 5.56 Å². The van der Waals surface area contributed by atoms with E-state index in [0.717, 1.165) is 0 Å². The first kappa shape index (κ1) is 17.8. The van der Waals surface area contributed by atoms with E-state index in [-0.39, 0.29) is 17.9 Å². The molecule has 0 amide bonds. The first-order valence-corrected chi connectivity index (χ1v) is 8.27. The molecular formula is C20H20N2O4. The maximum absolute atomic E-state index is 13.2. The molecule has 0 unspecified atom stereocenters. The first-order chi connectivity index (χ1) is 12.5. The van der Waals surface area contributed by atoms with Gasteiger partial charge in [-0.3, -0.25) is 14.4 Å². The predicted octanol–water partition coefficient (Wildman–Crippen LogP) is 1.86. The number of pyridine rings is 1. The van der Waals surface area contributed by atoms with Gasteiger partial charge in [-0.1, -0.05) is 30.3 Å². The van der Waals surface area contributed by atoms with Crippen LogP contribution in [0.3, 0.4) is 0 Å². The highest BCUT2D eigenvalue weighted by Gasteiger charge is 2.19. The van der Waals surface area contributed by atoms with Crippen molar-refractivity contribution in [2.75, 3.05) is 13.2 Å². The zero-order chi connectivity index (χ0) is 18.7. The van der Waals surface area contributed by atoms with Crippen molar-refractivity contribution in [3.05, 3.63) is 70.5 Å². The van der Waals surface area contributed by atoms with Crippen molar-refractivity contribution in [3.8, 4) is 11.4 Å².